The van der Waals surface area contributed by atoms with Crippen LogP contribution in [0.3, 0.4) is 0 Å². The van der Waals surface area contributed by atoms with Gasteiger partial charge in [-0.15, -0.1) is 5.10 Å². The zero-order valence-corrected chi connectivity index (χ0v) is 14.4. The van der Waals surface area contributed by atoms with E-state index in [9.17, 15) is 4.79 Å². The van der Waals surface area contributed by atoms with Gasteiger partial charge < -0.3 is 15.2 Å². The summed E-state index contributed by atoms with van der Waals surface area (Å²) in [5.41, 5.74) is 1.73. The van der Waals surface area contributed by atoms with Gasteiger partial charge in [-0.05, 0) is 50.5 Å². The van der Waals surface area contributed by atoms with Gasteiger partial charge in [0.15, 0.2) is 5.82 Å². The van der Waals surface area contributed by atoms with Crippen molar-refractivity contribution in [1.29, 1.82) is 0 Å². The largest absolute Gasteiger partial charge is 0.361 e. The molecule has 9 heteroatoms. The van der Waals surface area contributed by atoms with E-state index in [1.165, 1.54) is 0 Å². The van der Waals surface area contributed by atoms with Gasteiger partial charge in [0.1, 0.15) is 5.76 Å². The number of tetrazole rings is 1. The Hall–Kier alpha value is -2.45. The number of aryl methyl sites for hydroxylation is 2. The molecule has 0 radical (unpaired) electrons. The Balaban J connectivity index is 1.65. The highest BCUT2D eigenvalue weighted by atomic mass is 16.5. The van der Waals surface area contributed by atoms with Gasteiger partial charge in [-0.1, -0.05) is 12.1 Å². The van der Waals surface area contributed by atoms with E-state index >= 15 is 0 Å². The summed E-state index contributed by atoms with van der Waals surface area (Å²) in [6.45, 7) is 7.61. The lowest BCUT2D eigenvalue weighted by Gasteiger charge is -2.19. The summed E-state index contributed by atoms with van der Waals surface area (Å²) in [5.74, 6) is 1.41. The Morgan fingerprint density at radius 3 is 2.71 bits per heavy atom. The zero-order chi connectivity index (χ0) is 17.3. The van der Waals surface area contributed by atoms with Crippen LogP contribution >= 0.6 is 0 Å². The smallest absolute Gasteiger partial charge is 0.315 e. The molecule has 24 heavy (non-hydrogen) atoms. The SMILES string of the molecule is CC[C@H](NC(=O)N[C@H](C)c1nnnn1C1CC1)c1c(C)noc1C. The molecule has 2 heterocycles. The van der Waals surface area contributed by atoms with Gasteiger partial charge >= 0.3 is 6.03 Å². The molecule has 0 spiro atoms. The molecular weight excluding hydrogens is 310 g/mol. The number of nitrogens with one attached hydrogen (secondary N) is 2. The van der Waals surface area contributed by atoms with E-state index in [4.69, 9.17) is 4.52 Å². The highest BCUT2D eigenvalue weighted by Crippen LogP contribution is 2.35. The van der Waals surface area contributed by atoms with Crippen LogP contribution in [-0.2, 0) is 0 Å². The Morgan fingerprint density at radius 1 is 1.38 bits per heavy atom. The summed E-state index contributed by atoms with van der Waals surface area (Å²) in [6.07, 6.45) is 2.91. The van der Waals surface area contributed by atoms with Crippen LogP contribution < -0.4 is 10.6 Å². The van der Waals surface area contributed by atoms with Crippen molar-refractivity contribution in [1.82, 2.24) is 36.0 Å². The lowest BCUT2D eigenvalue weighted by Crippen LogP contribution is -2.40. The Bertz CT molecular complexity index is 700. The fourth-order valence-corrected chi connectivity index (χ4v) is 2.89. The third-order valence-corrected chi connectivity index (χ3v) is 4.30. The van der Waals surface area contributed by atoms with Gasteiger partial charge in [-0.3, -0.25) is 0 Å². The van der Waals surface area contributed by atoms with Gasteiger partial charge in [0.25, 0.3) is 0 Å². The molecule has 2 aromatic heterocycles. The van der Waals surface area contributed by atoms with Gasteiger partial charge in [0.2, 0.25) is 0 Å². The van der Waals surface area contributed by atoms with E-state index in [-0.39, 0.29) is 18.1 Å². The molecule has 1 saturated carbocycles. The maximum Gasteiger partial charge on any atom is 0.315 e. The molecule has 130 valence electrons. The molecule has 1 aliphatic carbocycles. The van der Waals surface area contributed by atoms with Crippen LogP contribution in [-0.4, -0.2) is 31.4 Å². The molecule has 0 bridgehead atoms. The Morgan fingerprint density at radius 2 is 2.12 bits per heavy atom. The van der Waals surface area contributed by atoms with Crippen molar-refractivity contribution in [2.45, 2.75) is 65.1 Å². The monoisotopic (exact) mass is 333 g/mol. The maximum absolute atomic E-state index is 12.4. The fraction of sp³-hybridized carbons (Fsp3) is 0.667. The van der Waals surface area contributed by atoms with Crippen molar-refractivity contribution >= 4 is 6.03 Å². The first-order valence-corrected chi connectivity index (χ1v) is 8.28. The maximum atomic E-state index is 12.4. The van der Waals surface area contributed by atoms with E-state index < -0.39 is 0 Å². The minimum absolute atomic E-state index is 0.150. The number of carbonyl (C=O) groups excluding carboxylic acids is 1. The van der Waals surface area contributed by atoms with Crippen molar-refractivity contribution < 1.29 is 9.32 Å². The minimum Gasteiger partial charge on any atom is -0.361 e. The van der Waals surface area contributed by atoms with Crippen molar-refractivity contribution in [3.05, 3.63) is 22.8 Å². The summed E-state index contributed by atoms with van der Waals surface area (Å²) >= 11 is 0. The van der Waals surface area contributed by atoms with Gasteiger partial charge in [-0.25, -0.2) is 9.48 Å². The second-order valence-corrected chi connectivity index (χ2v) is 6.25. The third-order valence-electron chi connectivity index (χ3n) is 4.30. The van der Waals surface area contributed by atoms with Crippen LogP contribution in [0.5, 0.6) is 0 Å². The standard InChI is InChI=1S/C15H23N7O2/c1-5-12(13-8(2)19-24-10(13)4)17-15(23)16-9(3)14-18-20-21-22(14)11-6-7-11/h9,11-12H,5-7H2,1-4H3,(H2,16,17,23)/t9-,12+/m1/s1. The molecule has 1 aliphatic rings. The van der Waals surface area contributed by atoms with Crippen LogP contribution in [0.15, 0.2) is 4.52 Å². The Kier molecular flexibility index (Phi) is 4.50. The highest BCUT2D eigenvalue weighted by molar-refractivity contribution is 5.74. The van der Waals surface area contributed by atoms with E-state index in [2.05, 4.69) is 31.3 Å². The van der Waals surface area contributed by atoms with Crippen LogP contribution in [0, 0.1) is 13.8 Å². The molecule has 2 amide bonds. The molecule has 3 rings (SSSR count). The highest BCUT2D eigenvalue weighted by Gasteiger charge is 2.30. The van der Waals surface area contributed by atoms with E-state index in [0.717, 1.165) is 36.3 Å². The van der Waals surface area contributed by atoms with Crippen molar-refractivity contribution in [2.24, 2.45) is 0 Å². The van der Waals surface area contributed by atoms with Crippen LogP contribution in [0.25, 0.3) is 0 Å². The van der Waals surface area contributed by atoms with Gasteiger partial charge in [-0.2, -0.15) is 0 Å². The summed E-state index contributed by atoms with van der Waals surface area (Å²) in [6, 6.07) is -0.321. The molecule has 2 aromatic rings. The topological polar surface area (TPSA) is 111 Å². The number of nitrogens with zero attached hydrogens (tertiary/aromatic N) is 5. The summed E-state index contributed by atoms with van der Waals surface area (Å²) in [5, 5.41) is 21.6. The van der Waals surface area contributed by atoms with Crippen molar-refractivity contribution in [2.75, 3.05) is 0 Å². The van der Waals surface area contributed by atoms with Crippen LogP contribution in [0.4, 0.5) is 4.79 Å². The fourth-order valence-electron chi connectivity index (χ4n) is 2.89. The van der Waals surface area contributed by atoms with Gasteiger partial charge in [0, 0.05) is 5.56 Å². The lowest BCUT2D eigenvalue weighted by molar-refractivity contribution is 0.232. The molecule has 0 unspecified atom stereocenters. The first-order chi connectivity index (χ1) is 11.5. The number of aromatic nitrogens is 5. The molecule has 0 aromatic carbocycles. The lowest BCUT2D eigenvalue weighted by atomic mass is 10.0. The van der Waals surface area contributed by atoms with E-state index in [1.807, 2.05) is 27.7 Å². The molecule has 0 aliphatic heterocycles. The summed E-state index contributed by atoms with van der Waals surface area (Å²) < 4.78 is 7.00. The quantitative estimate of drug-likeness (QED) is 0.837. The number of amides is 2. The average Bonchev–Trinajstić information content (AvgIpc) is 3.18. The molecule has 2 N–H and O–H groups in total. The minimum atomic E-state index is -0.275. The molecule has 1 fully saturated rings. The number of rotatable bonds is 6. The second-order valence-electron chi connectivity index (χ2n) is 6.25. The Labute approximate surface area is 140 Å². The van der Waals surface area contributed by atoms with Crippen LogP contribution in [0.1, 0.15) is 74.1 Å². The molecular formula is C15H23N7O2. The zero-order valence-electron chi connectivity index (χ0n) is 14.4. The van der Waals surface area contributed by atoms with Crippen molar-refractivity contribution in [3.63, 3.8) is 0 Å². The van der Waals surface area contributed by atoms with E-state index in [1.54, 1.807) is 4.68 Å². The number of urea groups is 1. The normalized spacial score (nSPS) is 16.7. The second kappa shape index (κ2) is 6.58. The molecule has 9 nitrogen and oxygen atoms in total. The summed E-state index contributed by atoms with van der Waals surface area (Å²) in [4.78, 5) is 12.4. The number of hydrogen-bond donors (Lipinski definition) is 2. The molecule has 2 atom stereocenters. The van der Waals surface area contributed by atoms with Gasteiger partial charge in [0.05, 0.1) is 23.8 Å². The number of hydrogen-bond acceptors (Lipinski definition) is 6. The summed E-state index contributed by atoms with van der Waals surface area (Å²) in [7, 11) is 0. The van der Waals surface area contributed by atoms with Crippen molar-refractivity contribution in [3.8, 4) is 0 Å². The predicted molar refractivity (Wildman–Crippen MR) is 85.2 cm³/mol. The number of carbonyl (C=O) groups is 1. The average molecular weight is 333 g/mol. The first kappa shape index (κ1) is 16.4. The molecule has 0 saturated heterocycles. The predicted octanol–water partition coefficient (Wildman–Crippen LogP) is 2.12. The van der Waals surface area contributed by atoms with Crippen LogP contribution in [0.2, 0.25) is 0 Å². The van der Waals surface area contributed by atoms with E-state index in [0.29, 0.717) is 11.9 Å². The first-order valence-electron chi connectivity index (χ1n) is 8.28. The third kappa shape index (κ3) is 3.24.